The first-order valence-electron chi connectivity index (χ1n) is 5.92. The number of hydrogen-bond donors (Lipinski definition) is 2. The van der Waals surface area contributed by atoms with Crippen molar-refractivity contribution in [1.82, 2.24) is 0 Å². The molecular weight excluding hydrogens is 314 g/mol. The molecule has 0 spiro atoms. The second-order valence-corrected chi connectivity index (χ2v) is 6.51. The smallest absolute Gasteiger partial charge is 0.337 e. The van der Waals surface area contributed by atoms with Gasteiger partial charge in [-0.1, -0.05) is 23.7 Å². The molecule has 0 unspecified atom stereocenters. The summed E-state index contributed by atoms with van der Waals surface area (Å²) < 4.78 is 26.9. The largest absolute Gasteiger partial charge is 0.478 e. The van der Waals surface area contributed by atoms with Crippen molar-refractivity contribution in [2.75, 3.05) is 4.72 Å². The fraction of sp³-hybridized carbons (Fsp3) is 0.0714. The van der Waals surface area contributed by atoms with Gasteiger partial charge in [0.05, 0.1) is 15.5 Å². The number of rotatable bonds is 4. The van der Waals surface area contributed by atoms with Gasteiger partial charge in [-0.15, -0.1) is 0 Å². The Morgan fingerprint density at radius 2 is 1.90 bits per heavy atom. The lowest BCUT2D eigenvalue weighted by molar-refractivity contribution is 0.0697. The number of benzene rings is 2. The van der Waals surface area contributed by atoms with Crippen LogP contribution in [-0.4, -0.2) is 19.5 Å². The van der Waals surface area contributed by atoms with Crippen LogP contribution in [0.5, 0.6) is 0 Å². The lowest BCUT2D eigenvalue weighted by Gasteiger charge is -2.09. The molecule has 2 rings (SSSR count). The quantitative estimate of drug-likeness (QED) is 0.904. The van der Waals surface area contributed by atoms with E-state index in [4.69, 9.17) is 16.7 Å². The SMILES string of the molecule is Cc1cccc(NS(=O)(=O)c2ccc(C(=O)O)c(Cl)c2)c1. The molecule has 2 aromatic rings. The third-order valence-electron chi connectivity index (χ3n) is 2.75. The van der Waals surface area contributed by atoms with Crippen LogP contribution >= 0.6 is 11.6 Å². The Balaban J connectivity index is 2.36. The van der Waals surface area contributed by atoms with E-state index >= 15 is 0 Å². The summed E-state index contributed by atoms with van der Waals surface area (Å²) >= 11 is 5.79. The third-order valence-corrected chi connectivity index (χ3v) is 4.44. The predicted octanol–water partition coefficient (Wildman–Crippen LogP) is 3.15. The number of sulfonamides is 1. The highest BCUT2D eigenvalue weighted by molar-refractivity contribution is 7.92. The van der Waals surface area contributed by atoms with Gasteiger partial charge in [0.25, 0.3) is 10.0 Å². The van der Waals surface area contributed by atoms with Gasteiger partial charge in [-0.2, -0.15) is 0 Å². The van der Waals surface area contributed by atoms with E-state index < -0.39 is 16.0 Å². The van der Waals surface area contributed by atoms with Crippen LogP contribution in [0.1, 0.15) is 15.9 Å². The minimum absolute atomic E-state index is 0.0981. The molecule has 0 radical (unpaired) electrons. The van der Waals surface area contributed by atoms with Crippen molar-refractivity contribution in [2.45, 2.75) is 11.8 Å². The van der Waals surface area contributed by atoms with Crippen molar-refractivity contribution in [3.63, 3.8) is 0 Å². The highest BCUT2D eigenvalue weighted by Crippen LogP contribution is 2.23. The molecule has 0 aliphatic heterocycles. The fourth-order valence-corrected chi connectivity index (χ4v) is 3.16. The summed E-state index contributed by atoms with van der Waals surface area (Å²) in [7, 11) is -3.82. The minimum Gasteiger partial charge on any atom is -0.478 e. The molecule has 0 aliphatic rings. The number of nitrogens with one attached hydrogen (secondary N) is 1. The Bertz CT molecular complexity index is 802. The van der Waals surface area contributed by atoms with Crippen LogP contribution in [0.25, 0.3) is 0 Å². The highest BCUT2D eigenvalue weighted by atomic mass is 35.5. The van der Waals surface area contributed by atoms with Crippen molar-refractivity contribution >= 4 is 33.3 Å². The van der Waals surface area contributed by atoms with E-state index in [-0.39, 0.29) is 15.5 Å². The molecule has 5 nitrogen and oxygen atoms in total. The molecule has 2 aromatic carbocycles. The zero-order valence-electron chi connectivity index (χ0n) is 11.0. The molecule has 0 saturated carbocycles. The van der Waals surface area contributed by atoms with Gasteiger partial charge in [-0.25, -0.2) is 13.2 Å². The normalized spacial score (nSPS) is 11.1. The Labute approximate surface area is 127 Å². The summed E-state index contributed by atoms with van der Waals surface area (Å²) in [5.74, 6) is -1.21. The van der Waals surface area contributed by atoms with Gasteiger partial charge in [-0.05, 0) is 42.8 Å². The van der Waals surface area contributed by atoms with Crippen LogP contribution in [0.15, 0.2) is 47.4 Å². The zero-order chi connectivity index (χ0) is 15.6. The molecule has 110 valence electrons. The maximum Gasteiger partial charge on any atom is 0.337 e. The number of halogens is 1. The summed E-state index contributed by atoms with van der Waals surface area (Å²) in [6, 6.07) is 10.4. The molecule has 0 aliphatic carbocycles. The lowest BCUT2D eigenvalue weighted by Crippen LogP contribution is -2.13. The molecule has 0 heterocycles. The Kier molecular flexibility index (Phi) is 4.20. The van der Waals surface area contributed by atoms with E-state index in [0.29, 0.717) is 5.69 Å². The van der Waals surface area contributed by atoms with E-state index in [1.54, 1.807) is 18.2 Å². The van der Waals surface area contributed by atoms with Crippen molar-refractivity contribution in [3.8, 4) is 0 Å². The Hall–Kier alpha value is -2.05. The molecule has 0 amide bonds. The van der Waals surface area contributed by atoms with Crippen LogP contribution in [0.2, 0.25) is 5.02 Å². The lowest BCUT2D eigenvalue weighted by atomic mass is 10.2. The van der Waals surface area contributed by atoms with Gasteiger partial charge in [0.1, 0.15) is 0 Å². The maximum atomic E-state index is 12.2. The Morgan fingerprint density at radius 1 is 1.19 bits per heavy atom. The maximum absolute atomic E-state index is 12.2. The predicted molar refractivity (Wildman–Crippen MR) is 80.4 cm³/mol. The summed E-state index contributed by atoms with van der Waals surface area (Å²) in [4.78, 5) is 10.8. The average Bonchev–Trinajstić information content (AvgIpc) is 2.37. The van der Waals surface area contributed by atoms with Crippen molar-refractivity contribution < 1.29 is 18.3 Å². The van der Waals surface area contributed by atoms with Gasteiger partial charge in [0, 0.05) is 5.69 Å². The average molecular weight is 326 g/mol. The van der Waals surface area contributed by atoms with Crippen LogP contribution in [0, 0.1) is 6.92 Å². The number of carbonyl (C=O) groups is 1. The van der Waals surface area contributed by atoms with Gasteiger partial charge in [0.15, 0.2) is 0 Å². The second-order valence-electron chi connectivity index (χ2n) is 4.42. The summed E-state index contributed by atoms with van der Waals surface area (Å²) in [6.45, 7) is 1.84. The monoisotopic (exact) mass is 325 g/mol. The topological polar surface area (TPSA) is 83.5 Å². The van der Waals surface area contributed by atoms with E-state index in [2.05, 4.69) is 4.72 Å². The van der Waals surface area contributed by atoms with Crippen LogP contribution in [-0.2, 0) is 10.0 Å². The van der Waals surface area contributed by atoms with Gasteiger partial charge in [-0.3, -0.25) is 4.72 Å². The third kappa shape index (κ3) is 3.53. The fourth-order valence-electron chi connectivity index (χ4n) is 1.76. The van der Waals surface area contributed by atoms with Gasteiger partial charge >= 0.3 is 5.97 Å². The first-order valence-corrected chi connectivity index (χ1v) is 7.78. The number of aromatic carboxylic acids is 1. The summed E-state index contributed by atoms with van der Waals surface area (Å²) in [5, 5.41) is 8.75. The zero-order valence-corrected chi connectivity index (χ0v) is 12.6. The number of carboxylic acids is 1. The van der Waals surface area contributed by atoms with Crippen molar-refractivity contribution in [3.05, 3.63) is 58.6 Å². The number of aryl methyl sites for hydroxylation is 1. The van der Waals surface area contributed by atoms with E-state index in [1.165, 1.54) is 6.07 Å². The van der Waals surface area contributed by atoms with E-state index in [0.717, 1.165) is 17.7 Å². The Morgan fingerprint density at radius 3 is 2.48 bits per heavy atom. The van der Waals surface area contributed by atoms with Crippen molar-refractivity contribution in [2.24, 2.45) is 0 Å². The first kappa shape index (κ1) is 15.3. The molecule has 21 heavy (non-hydrogen) atoms. The number of hydrogen-bond acceptors (Lipinski definition) is 3. The molecule has 0 aromatic heterocycles. The number of anilines is 1. The van der Waals surface area contributed by atoms with E-state index in [9.17, 15) is 13.2 Å². The van der Waals surface area contributed by atoms with Gasteiger partial charge < -0.3 is 5.11 Å². The molecular formula is C14H12ClNO4S. The molecule has 0 atom stereocenters. The highest BCUT2D eigenvalue weighted by Gasteiger charge is 2.17. The molecule has 0 saturated heterocycles. The molecule has 0 fully saturated rings. The number of carboxylic acid groups (broad SMARTS) is 1. The minimum atomic E-state index is -3.82. The van der Waals surface area contributed by atoms with Gasteiger partial charge in [0.2, 0.25) is 0 Å². The second kappa shape index (κ2) is 5.75. The first-order chi connectivity index (χ1) is 9.79. The molecule has 2 N–H and O–H groups in total. The van der Waals surface area contributed by atoms with E-state index in [1.807, 2.05) is 13.0 Å². The summed E-state index contributed by atoms with van der Waals surface area (Å²) in [6.07, 6.45) is 0. The van der Waals surface area contributed by atoms with Crippen LogP contribution in [0.3, 0.4) is 0 Å². The molecule has 0 bridgehead atoms. The molecule has 7 heteroatoms. The standard InChI is InChI=1S/C14H12ClNO4S/c1-9-3-2-4-10(7-9)16-21(19,20)11-5-6-12(14(17)18)13(15)8-11/h2-8,16H,1H3,(H,17,18). The van der Waals surface area contributed by atoms with Crippen molar-refractivity contribution in [1.29, 1.82) is 0 Å². The van der Waals surface area contributed by atoms with Crippen LogP contribution in [0.4, 0.5) is 5.69 Å². The van der Waals surface area contributed by atoms with Crippen LogP contribution < -0.4 is 4.72 Å². The summed E-state index contributed by atoms with van der Waals surface area (Å²) in [5.41, 5.74) is 1.19.